The zero-order chi connectivity index (χ0) is 28.1. The van der Waals surface area contributed by atoms with Crippen molar-refractivity contribution in [3.63, 3.8) is 0 Å². The second-order valence-corrected chi connectivity index (χ2v) is 10.9. The fourth-order valence-corrected chi connectivity index (χ4v) is 5.21. The first-order valence-electron chi connectivity index (χ1n) is 12.5. The summed E-state index contributed by atoms with van der Waals surface area (Å²) in [5.74, 6) is -3.27. The van der Waals surface area contributed by atoms with Gasteiger partial charge in [-0.25, -0.2) is 8.78 Å². The lowest BCUT2D eigenvalue weighted by atomic mass is 9.80. The molecule has 0 unspecified atom stereocenters. The van der Waals surface area contributed by atoms with E-state index in [2.05, 4.69) is 21.7 Å². The Bertz CT molecular complexity index is 1540. The molecule has 39 heavy (non-hydrogen) atoms. The van der Waals surface area contributed by atoms with Gasteiger partial charge < -0.3 is 25.3 Å². The minimum Gasteiger partial charge on any atom is -0.373 e. The summed E-state index contributed by atoms with van der Waals surface area (Å²) in [6, 6.07) is 10.1. The number of H-pyrrole nitrogens is 1. The standard InChI is InChI=1S/C28H27F2N5O4/c1-27(2,3)39-13-23(33-24(36)22-10-17-19(30)8-15(29)9-21(17)32-22)25(37)35-14-28(11-16(35)12-31)18-6-4-5-7-20(18)34-26(28)38/h4-10,16,23,32H,11,13-14H2,1-3H3,(H,33,36)(H,34,38)/t16-,23-,28-/m0/s1. The average molecular weight is 536 g/mol. The molecule has 3 heterocycles. The quantitative estimate of drug-likeness (QED) is 0.462. The van der Waals surface area contributed by atoms with Crippen LogP contribution in [0.5, 0.6) is 0 Å². The van der Waals surface area contributed by atoms with Gasteiger partial charge in [0.2, 0.25) is 11.8 Å². The Morgan fingerprint density at radius 2 is 2.00 bits per heavy atom. The Morgan fingerprint density at radius 1 is 1.26 bits per heavy atom. The number of hydrogen-bond donors (Lipinski definition) is 3. The van der Waals surface area contributed by atoms with Gasteiger partial charge in [-0.05, 0) is 44.5 Å². The Labute approximate surface area is 223 Å². The molecule has 0 bridgehead atoms. The van der Waals surface area contributed by atoms with Crippen LogP contribution in [0.4, 0.5) is 14.5 Å². The summed E-state index contributed by atoms with van der Waals surface area (Å²) in [6.45, 7) is 5.09. The Kier molecular flexibility index (Phi) is 6.39. The van der Waals surface area contributed by atoms with Gasteiger partial charge in [0.05, 0.1) is 29.2 Å². The SMILES string of the molecule is CC(C)(C)OC[C@H](NC(=O)c1cc2c(F)cc(F)cc2[nH]1)C(=O)N1C[C@]2(C[C@H]1C#N)C(=O)Nc1ccccc12. The number of nitrogens with zero attached hydrogens (tertiary/aromatic N) is 2. The Morgan fingerprint density at radius 3 is 2.72 bits per heavy atom. The van der Waals surface area contributed by atoms with E-state index in [0.717, 1.165) is 6.07 Å². The number of para-hydroxylation sites is 1. The van der Waals surface area contributed by atoms with E-state index in [1.54, 1.807) is 45.0 Å². The van der Waals surface area contributed by atoms with Gasteiger partial charge in [-0.1, -0.05) is 18.2 Å². The van der Waals surface area contributed by atoms with Crippen molar-refractivity contribution >= 4 is 34.3 Å². The summed E-state index contributed by atoms with van der Waals surface area (Å²) in [5.41, 5.74) is -0.396. The molecular formula is C28H27F2N5O4. The molecular weight excluding hydrogens is 508 g/mol. The van der Waals surface area contributed by atoms with Crippen LogP contribution in [0.1, 0.15) is 43.2 Å². The van der Waals surface area contributed by atoms with Crippen molar-refractivity contribution in [1.29, 1.82) is 5.26 Å². The first kappa shape index (κ1) is 26.3. The maximum absolute atomic E-state index is 14.2. The van der Waals surface area contributed by atoms with Crippen LogP contribution in [0.2, 0.25) is 0 Å². The summed E-state index contributed by atoms with van der Waals surface area (Å²) < 4.78 is 33.7. The van der Waals surface area contributed by atoms with E-state index in [4.69, 9.17) is 4.74 Å². The van der Waals surface area contributed by atoms with Gasteiger partial charge >= 0.3 is 0 Å². The van der Waals surface area contributed by atoms with Crippen LogP contribution in [0.25, 0.3) is 10.9 Å². The topological polar surface area (TPSA) is 127 Å². The van der Waals surface area contributed by atoms with Gasteiger partial charge in [-0.15, -0.1) is 0 Å². The number of benzene rings is 2. The van der Waals surface area contributed by atoms with E-state index in [1.165, 1.54) is 11.0 Å². The highest BCUT2D eigenvalue weighted by Crippen LogP contribution is 2.46. The monoisotopic (exact) mass is 535 g/mol. The molecule has 0 saturated carbocycles. The molecule has 1 fully saturated rings. The zero-order valence-corrected chi connectivity index (χ0v) is 21.6. The molecule has 9 nitrogen and oxygen atoms in total. The van der Waals surface area contributed by atoms with Gasteiger partial charge in [0.1, 0.15) is 29.4 Å². The van der Waals surface area contributed by atoms with Crippen LogP contribution in [-0.2, 0) is 19.7 Å². The highest BCUT2D eigenvalue weighted by atomic mass is 19.1. The molecule has 1 spiro atoms. The van der Waals surface area contributed by atoms with Crippen molar-refractivity contribution in [2.24, 2.45) is 0 Å². The number of carbonyl (C=O) groups excluding carboxylic acids is 3. The maximum atomic E-state index is 14.2. The second-order valence-electron chi connectivity index (χ2n) is 10.9. The normalized spacial score (nSPS) is 21.1. The fraction of sp³-hybridized carbons (Fsp3) is 0.357. The number of anilines is 1. The molecule has 2 aliphatic rings. The summed E-state index contributed by atoms with van der Waals surface area (Å²) in [4.78, 5) is 44.1. The Balaban J connectivity index is 1.44. The molecule has 5 rings (SSSR count). The summed E-state index contributed by atoms with van der Waals surface area (Å²) in [7, 11) is 0. The third-order valence-corrected chi connectivity index (χ3v) is 7.10. The van der Waals surface area contributed by atoms with Crippen LogP contribution in [0.15, 0.2) is 42.5 Å². The molecule has 0 aliphatic carbocycles. The summed E-state index contributed by atoms with van der Waals surface area (Å²) in [6.07, 6.45) is 0.103. The van der Waals surface area contributed by atoms with Crippen LogP contribution in [0, 0.1) is 23.0 Å². The first-order valence-corrected chi connectivity index (χ1v) is 12.5. The van der Waals surface area contributed by atoms with E-state index in [1.807, 2.05) is 0 Å². The number of nitrogens with one attached hydrogen (secondary N) is 3. The third-order valence-electron chi connectivity index (χ3n) is 7.10. The van der Waals surface area contributed by atoms with Crippen LogP contribution in [0.3, 0.4) is 0 Å². The number of fused-ring (bicyclic) bond motifs is 3. The third kappa shape index (κ3) is 4.72. The van der Waals surface area contributed by atoms with Crippen molar-refractivity contribution in [2.75, 3.05) is 18.5 Å². The van der Waals surface area contributed by atoms with Gasteiger partial charge in [0.25, 0.3) is 5.91 Å². The number of aromatic amines is 1. The van der Waals surface area contributed by atoms with E-state index >= 15 is 0 Å². The zero-order valence-electron chi connectivity index (χ0n) is 21.6. The molecule has 3 aromatic rings. The molecule has 3 amide bonds. The fourth-order valence-electron chi connectivity index (χ4n) is 5.21. The lowest BCUT2D eigenvalue weighted by molar-refractivity contribution is -0.136. The van der Waals surface area contributed by atoms with Crippen molar-refractivity contribution in [3.8, 4) is 6.07 Å². The molecule has 2 aliphatic heterocycles. The molecule has 11 heteroatoms. The molecule has 202 valence electrons. The summed E-state index contributed by atoms with van der Waals surface area (Å²) >= 11 is 0. The highest BCUT2D eigenvalue weighted by molar-refractivity contribution is 6.07. The van der Waals surface area contributed by atoms with Gasteiger partial charge in [0, 0.05) is 30.1 Å². The van der Waals surface area contributed by atoms with Crippen molar-refractivity contribution in [1.82, 2.24) is 15.2 Å². The number of nitriles is 1. The van der Waals surface area contributed by atoms with E-state index in [0.29, 0.717) is 17.3 Å². The number of halogens is 2. The number of rotatable bonds is 5. The Hall–Kier alpha value is -4.30. The number of amides is 3. The number of hydrogen-bond acceptors (Lipinski definition) is 5. The molecule has 3 N–H and O–H groups in total. The average Bonchev–Trinajstić information content (AvgIpc) is 3.55. The number of carbonyl (C=O) groups is 3. The largest absolute Gasteiger partial charge is 0.373 e. The summed E-state index contributed by atoms with van der Waals surface area (Å²) in [5, 5.41) is 15.4. The van der Waals surface area contributed by atoms with Crippen LogP contribution in [-0.4, -0.2) is 58.4 Å². The van der Waals surface area contributed by atoms with E-state index in [-0.39, 0.29) is 42.1 Å². The van der Waals surface area contributed by atoms with Crippen LogP contribution >= 0.6 is 0 Å². The van der Waals surface area contributed by atoms with Gasteiger partial charge in [-0.2, -0.15) is 5.26 Å². The van der Waals surface area contributed by atoms with Gasteiger partial charge in [0.15, 0.2) is 0 Å². The minimum atomic E-state index is -1.23. The highest BCUT2D eigenvalue weighted by Gasteiger charge is 2.56. The van der Waals surface area contributed by atoms with Crippen molar-refractivity contribution in [3.05, 3.63) is 65.4 Å². The van der Waals surface area contributed by atoms with Crippen LogP contribution < -0.4 is 10.6 Å². The lowest BCUT2D eigenvalue weighted by Crippen LogP contribution is -2.53. The predicted octanol–water partition coefficient (Wildman–Crippen LogP) is 3.37. The number of likely N-dealkylation sites (tertiary alicyclic amines) is 1. The molecule has 0 radical (unpaired) electrons. The molecule has 1 aromatic heterocycles. The van der Waals surface area contributed by atoms with E-state index in [9.17, 15) is 28.4 Å². The molecule has 2 aromatic carbocycles. The van der Waals surface area contributed by atoms with E-state index < -0.39 is 46.5 Å². The van der Waals surface area contributed by atoms with Crippen molar-refractivity contribution in [2.45, 2.75) is 50.3 Å². The number of aromatic nitrogens is 1. The lowest BCUT2D eigenvalue weighted by Gasteiger charge is -2.29. The second kappa shape index (κ2) is 9.47. The molecule has 1 saturated heterocycles. The van der Waals surface area contributed by atoms with Gasteiger partial charge in [-0.3, -0.25) is 14.4 Å². The number of ether oxygens (including phenoxy) is 1. The first-order chi connectivity index (χ1) is 18.4. The predicted molar refractivity (Wildman–Crippen MR) is 138 cm³/mol. The maximum Gasteiger partial charge on any atom is 0.268 e. The smallest absolute Gasteiger partial charge is 0.268 e. The molecule has 3 atom stereocenters. The van der Waals surface area contributed by atoms with Crippen molar-refractivity contribution < 1.29 is 27.9 Å². The minimum absolute atomic E-state index is 0.0207.